The van der Waals surface area contributed by atoms with Crippen LogP contribution in [0.3, 0.4) is 0 Å². The smallest absolute Gasteiger partial charge is 0.361 e. The molecule has 0 amide bonds. The van der Waals surface area contributed by atoms with E-state index in [0.29, 0.717) is 24.9 Å². The fourth-order valence-electron chi connectivity index (χ4n) is 1.46. The Balaban J connectivity index is 1.89. The Morgan fingerprint density at radius 2 is 2.41 bits per heavy atom. The lowest BCUT2D eigenvalue weighted by atomic mass is 10.4. The second kappa shape index (κ2) is 5.18. The fourth-order valence-corrected chi connectivity index (χ4v) is 1.46. The highest BCUT2D eigenvalue weighted by Crippen LogP contribution is 2.28. The second-order valence-electron chi connectivity index (χ2n) is 4.14. The lowest BCUT2D eigenvalue weighted by molar-refractivity contribution is 0.0500. The van der Waals surface area contributed by atoms with E-state index in [1.54, 1.807) is 13.1 Å². The van der Waals surface area contributed by atoms with E-state index < -0.39 is 5.97 Å². The highest BCUT2D eigenvalue weighted by molar-refractivity contribution is 5.92. The molecule has 0 radical (unpaired) electrons. The van der Waals surface area contributed by atoms with Gasteiger partial charge in [0, 0.05) is 0 Å². The zero-order chi connectivity index (χ0) is 12.3. The van der Waals surface area contributed by atoms with Gasteiger partial charge in [0.05, 0.1) is 25.1 Å². The molecule has 0 unspecified atom stereocenters. The van der Waals surface area contributed by atoms with Crippen molar-refractivity contribution in [2.75, 3.05) is 18.9 Å². The Bertz CT molecular complexity index is 399. The first kappa shape index (κ1) is 11.9. The summed E-state index contributed by atoms with van der Waals surface area (Å²) in [6.45, 7) is 3.11. The third kappa shape index (κ3) is 3.20. The van der Waals surface area contributed by atoms with Gasteiger partial charge in [-0.25, -0.2) is 9.48 Å². The molecule has 1 fully saturated rings. The molecule has 0 atom stereocenters. The van der Waals surface area contributed by atoms with E-state index in [4.69, 9.17) is 15.2 Å². The number of nitrogens with zero attached hydrogens (tertiary/aromatic N) is 2. The molecule has 1 aromatic heterocycles. The van der Waals surface area contributed by atoms with Crippen LogP contribution in [0.5, 0.6) is 0 Å². The summed E-state index contributed by atoms with van der Waals surface area (Å²) in [6, 6.07) is 0. The van der Waals surface area contributed by atoms with Crippen LogP contribution >= 0.6 is 0 Å². The lowest BCUT2D eigenvalue weighted by Crippen LogP contribution is -2.10. The van der Waals surface area contributed by atoms with Crippen molar-refractivity contribution in [3.8, 4) is 0 Å². The number of aromatic nitrogens is 2. The van der Waals surface area contributed by atoms with E-state index in [9.17, 15) is 4.79 Å². The molecule has 0 saturated heterocycles. The molecule has 1 saturated carbocycles. The number of ether oxygens (including phenoxy) is 2. The molecule has 1 aliphatic rings. The number of nitrogen functional groups attached to an aromatic ring is 1. The third-order valence-electron chi connectivity index (χ3n) is 2.53. The largest absolute Gasteiger partial charge is 0.461 e. The zero-order valence-electron chi connectivity index (χ0n) is 9.89. The number of rotatable bonds is 6. The van der Waals surface area contributed by atoms with Crippen LogP contribution in [-0.4, -0.2) is 29.0 Å². The molecule has 1 aromatic rings. The number of anilines is 1. The Morgan fingerprint density at radius 3 is 3.06 bits per heavy atom. The molecule has 17 heavy (non-hydrogen) atoms. The van der Waals surface area contributed by atoms with E-state index >= 15 is 0 Å². The highest BCUT2D eigenvalue weighted by atomic mass is 16.5. The molecule has 0 aromatic carbocycles. The number of hydrogen-bond donors (Lipinski definition) is 1. The van der Waals surface area contributed by atoms with Crippen molar-refractivity contribution < 1.29 is 14.3 Å². The van der Waals surface area contributed by atoms with Crippen molar-refractivity contribution in [1.29, 1.82) is 0 Å². The van der Waals surface area contributed by atoms with Crippen molar-refractivity contribution in [2.24, 2.45) is 5.92 Å². The summed E-state index contributed by atoms with van der Waals surface area (Å²) in [7, 11) is 0. The number of nitrogens with two attached hydrogens (primary N) is 1. The van der Waals surface area contributed by atoms with E-state index in [0.717, 1.165) is 6.61 Å². The molecule has 2 N–H and O–H groups in total. The average Bonchev–Trinajstić information content (AvgIpc) is 3.02. The van der Waals surface area contributed by atoms with Crippen LogP contribution in [0.1, 0.15) is 30.3 Å². The predicted molar refractivity (Wildman–Crippen MR) is 61.3 cm³/mol. The minimum absolute atomic E-state index is 0.155. The van der Waals surface area contributed by atoms with Crippen molar-refractivity contribution >= 4 is 11.7 Å². The van der Waals surface area contributed by atoms with Crippen LogP contribution in [0.4, 0.5) is 5.69 Å². The minimum Gasteiger partial charge on any atom is -0.461 e. The molecule has 0 spiro atoms. The summed E-state index contributed by atoms with van der Waals surface area (Å²) in [6.07, 6.45) is 4.07. The maximum Gasteiger partial charge on any atom is 0.361 e. The Kier molecular flexibility index (Phi) is 3.63. The Hall–Kier alpha value is -1.56. The van der Waals surface area contributed by atoms with Crippen molar-refractivity contribution in [2.45, 2.75) is 26.5 Å². The SMILES string of the molecule is CCOC(=O)c1nn(COCC2CC2)cc1N. The van der Waals surface area contributed by atoms with Gasteiger partial charge in [-0.05, 0) is 25.7 Å². The normalized spacial score (nSPS) is 14.9. The standard InChI is InChI=1S/C11H17N3O3/c1-2-17-11(15)10-9(12)5-14(13-10)7-16-6-8-3-4-8/h5,8H,2-4,6-7,12H2,1H3. The Labute approximate surface area is 99.7 Å². The number of esters is 1. The van der Waals surface area contributed by atoms with Crippen LogP contribution in [0.25, 0.3) is 0 Å². The van der Waals surface area contributed by atoms with Gasteiger partial charge in [-0.1, -0.05) is 0 Å². The van der Waals surface area contributed by atoms with Crippen molar-refractivity contribution in [3.63, 3.8) is 0 Å². The van der Waals surface area contributed by atoms with Gasteiger partial charge >= 0.3 is 5.97 Å². The molecule has 0 aliphatic heterocycles. The predicted octanol–water partition coefficient (Wildman–Crippen LogP) is 1.03. The van der Waals surface area contributed by atoms with Crippen molar-refractivity contribution in [1.82, 2.24) is 9.78 Å². The van der Waals surface area contributed by atoms with Crippen LogP contribution < -0.4 is 5.73 Å². The summed E-state index contributed by atoms with van der Waals surface area (Å²) in [5.74, 6) is 0.207. The van der Waals surface area contributed by atoms with Gasteiger partial charge in [-0.15, -0.1) is 0 Å². The maximum atomic E-state index is 11.5. The Morgan fingerprint density at radius 1 is 1.65 bits per heavy atom. The van der Waals surface area contributed by atoms with E-state index in [-0.39, 0.29) is 5.69 Å². The van der Waals surface area contributed by atoms with Gasteiger partial charge in [0.25, 0.3) is 0 Å². The molecule has 2 rings (SSSR count). The van der Waals surface area contributed by atoms with Gasteiger partial charge in [0.15, 0.2) is 5.69 Å². The molecule has 6 heteroatoms. The highest BCUT2D eigenvalue weighted by Gasteiger charge is 2.21. The average molecular weight is 239 g/mol. The summed E-state index contributed by atoms with van der Waals surface area (Å²) >= 11 is 0. The van der Waals surface area contributed by atoms with Gasteiger partial charge in [-0.3, -0.25) is 0 Å². The first-order valence-electron chi connectivity index (χ1n) is 5.78. The first-order chi connectivity index (χ1) is 8.20. The lowest BCUT2D eigenvalue weighted by Gasteiger charge is -2.02. The quantitative estimate of drug-likeness (QED) is 0.750. The van der Waals surface area contributed by atoms with Crippen LogP contribution in [-0.2, 0) is 16.2 Å². The van der Waals surface area contributed by atoms with E-state index in [1.807, 2.05) is 0 Å². The second-order valence-corrected chi connectivity index (χ2v) is 4.14. The third-order valence-corrected chi connectivity index (χ3v) is 2.53. The zero-order valence-corrected chi connectivity index (χ0v) is 9.89. The maximum absolute atomic E-state index is 11.5. The summed E-state index contributed by atoms with van der Waals surface area (Å²) in [5, 5.41) is 4.04. The van der Waals surface area contributed by atoms with Gasteiger partial charge in [0.1, 0.15) is 6.73 Å². The van der Waals surface area contributed by atoms with Crippen LogP contribution in [0, 0.1) is 5.92 Å². The van der Waals surface area contributed by atoms with Gasteiger partial charge in [0.2, 0.25) is 0 Å². The van der Waals surface area contributed by atoms with Crippen LogP contribution in [0.2, 0.25) is 0 Å². The molecular formula is C11H17N3O3. The van der Waals surface area contributed by atoms with E-state index in [2.05, 4.69) is 5.10 Å². The number of carbonyl (C=O) groups is 1. The number of hydrogen-bond acceptors (Lipinski definition) is 5. The van der Waals surface area contributed by atoms with Crippen molar-refractivity contribution in [3.05, 3.63) is 11.9 Å². The topological polar surface area (TPSA) is 79.4 Å². The molecular weight excluding hydrogens is 222 g/mol. The molecule has 0 bridgehead atoms. The minimum atomic E-state index is -0.494. The monoisotopic (exact) mass is 239 g/mol. The summed E-state index contributed by atoms with van der Waals surface area (Å²) < 4.78 is 11.8. The number of carbonyl (C=O) groups excluding carboxylic acids is 1. The van der Waals surface area contributed by atoms with Crippen LogP contribution in [0.15, 0.2) is 6.20 Å². The van der Waals surface area contributed by atoms with Gasteiger partial charge < -0.3 is 15.2 Å². The fraction of sp³-hybridized carbons (Fsp3) is 0.636. The van der Waals surface area contributed by atoms with Gasteiger partial charge in [-0.2, -0.15) is 5.10 Å². The summed E-state index contributed by atoms with van der Waals surface area (Å²) in [4.78, 5) is 11.5. The first-order valence-corrected chi connectivity index (χ1v) is 5.78. The molecule has 1 heterocycles. The molecule has 6 nitrogen and oxygen atoms in total. The van der Waals surface area contributed by atoms with E-state index in [1.165, 1.54) is 17.5 Å². The molecule has 94 valence electrons. The molecule has 1 aliphatic carbocycles. The summed E-state index contributed by atoms with van der Waals surface area (Å²) in [5.41, 5.74) is 6.15.